The van der Waals surface area contributed by atoms with Crippen molar-refractivity contribution in [3.63, 3.8) is 0 Å². The molecule has 1 aromatic carbocycles. The zero-order chi connectivity index (χ0) is 12.8. The fourth-order valence-corrected chi connectivity index (χ4v) is 2.55. The third-order valence-corrected chi connectivity index (χ3v) is 3.87. The lowest BCUT2D eigenvalue weighted by molar-refractivity contribution is 0.178. The van der Waals surface area contributed by atoms with Gasteiger partial charge in [-0.15, -0.1) is 0 Å². The van der Waals surface area contributed by atoms with Gasteiger partial charge in [0.05, 0.1) is 6.61 Å². The Bertz CT molecular complexity index is 361. The quantitative estimate of drug-likeness (QED) is 0.805. The lowest BCUT2D eigenvalue weighted by Gasteiger charge is -2.19. The van der Waals surface area contributed by atoms with Crippen LogP contribution in [0.2, 0.25) is 0 Å². The second-order valence-electron chi connectivity index (χ2n) is 5.09. The van der Waals surface area contributed by atoms with Crippen LogP contribution in [0, 0.1) is 5.92 Å². The van der Waals surface area contributed by atoms with Crippen molar-refractivity contribution < 1.29 is 4.74 Å². The highest BCUT2D eigenvalue weighted by Gasteiger charge is 2.21. The molecule has 0 spiro atoms. The van der Waals surface area contributed by atoms with Crippen LogP contribution in [-0.4, -0.2) is 25.8 Å². The third-order valence-electron chi connectivity index (χ3n) is 3.87. The zero-order valence-electron chi connectivity index (χ0n) is 11.2. The van der Waals surface area contributed by atoms with Crippen molar-refractivity contribution in [1.29, 1.82) is 0 Å². The van der Waals surface area contributed by atoms with Crippen molar-refractivity contribution in [2.24, 2.45) is 11.7 Å². The maximum Gasteiger partial charge on any atom is 0.0509 e. The van der Waals surface area contributed by atoms with Crippen LogP contribution in [0.4, 0.5) is 0 Å². The summed E-state index contributed by atoms with van der Waals surface area (Å²) >= 11 is 0. The third kappa shape index (κ3) is 3.55. The molecule has 100 valence electrons. The summed E-state index contributed by atoms with van der Waals surface area (Å²) in [6.07, 6.45) is 2.23. The van der Waals surface area contributed by atoms with Crippen LogP contribution >= 0.6 is 0 Å². The Morgan fingerprint density at radius 2 is 2.17 bits per heavy atom. The minimum absolute atomic E-state index is 0.539. The molecule has 1 aliphatic rings. The van der Waals surface area contributed by atoms with Crippen molar-refractivity contribution >= 4 is 0 Å². The van der Waals surface area contributed by atoms with Crippen LogP contribution in [0.3, 0.4) is 0 Å². The summed E-state index contributed by atoms with van der Waals surface area (Å²) in [7, 11) is 0. The Hall–Kier alpha value is -0.900. The van der Waals surface area contributed by atoms with E-state index in [1.165, 1.54) is 17.5 Å². The molecular formula is C15H24N2O. The molecule has 1 saturated heterocycles. The second-order valence-corrected chi connectivity index (χ2v) is 5.09. The molecule has 1 aliphatic heterocycles. The van der Waals surface area contributed by atoms with E-state index in [0.717, 1.165) is 26.2 Å². The molecule has 3 nitrogen and oxygen atoms in total. The van der Waals surface area contributed by atoms with Gasteiger partial charge in [0.15, 0.2) is 0 Å². The van der Waals surface area contributed by atoms with Crippen LogP contribution in [0.15, 0.2) is 24.3 Å². The fraction of sp³-hybridized carbons (Fsp3) is 0.600. The van der Waals surface area contributed by atoms with Gasteiger partial charge in [0.1, 0.15) is 0 Å². The van der Waals surface area contributed by atoms with Crippen LogP contribution < -0.4 is 11.1 Å². The molecule has 1 fully saturated rings. The molecule has 0 radical (unpaired) electrons. The summed E-state index contributed by atoms with van der Waals surface area (Å²) in [5.41, 5.74) is 8.37. The van der Waals surface area contributed by atoms with E-state index < -0.39 is 0 Å². The zero-order valence-corrected chi connectivity index (χ0v) is 11.2. The Labute approximate surface area is 110 Å². The number of ether oxygens (including phenoxy) is 1. The molecule has 1 heterocycles. The summed E-state index contributed by atoms with van der Waals surface area (Å²) < 4.78 is 5.42. The maximum absolute atomic E-state index is 5.74. The molecule has 0 aromatic heterocycles. The predicted molar refractivity (Wildman–Crippen MR) is 74.4 cm³/mol. The molecule has 2 rings (SSSR count). The molecule has 2 unspecified atom stereocenters. The first-order valence-corrected chi connectivity index (χ1v) is 6.89. The van der Waals surface area contributed by atoms with Crippen molar-refractivity contribution in [3.8, 4) is 0 Å². The van der Waals surface area contributed by atoms with Gasteiger partial charge in [0, 0.05) is 19.2 Å². The van der Waals surface area contributed by atoms with E-state index >= 15 is 0 Å². The van der Waals surface area contributed by atoms with E-state index in [0.29, 0.717) is 18.5 Å². The van der Waals surface area contributed by atoms with E-state index in [9.17, 15) is 0 Å². The predicted octanol–water partition coefficient (Wildman–Crippen LogP) is 1.70. The summed E-state index contributed by atoms with van der Waals surface area (Å²) in [4.78, 5) is 0. The Balaban J connectivity index is 1.77. The minimum Gasteiger partial charge on any atom is -0.381 e. The van der Waals surface area contributed by atoms with E-state index in [1.54, 1.807) is 0 Å². The number of benzene rings is 1. The van der Waals surface area contributed by atoms with Gasteiger partial charge in [-0.25, -0.2) is 0 Å². The monoisotopic (exact) mass is 248 g/mol. The van der Waals surface area contributed by atoms with E-state index in [-0.39, 0.29) is 0 Å². The standard InChI is InChI=1S/C15H24N2O/c1-12(15-7-9-18-11-15)17-8-6-13-4-2-3-5-14(13)10-16/h2-5,12,15,17H,6-11,16H2,1H3. The van der Waals surface area contributed by atoms with E-state index in [2.05, 4.69) is 36.5 Å². The SMILES string of the molecule is CC(NCCc1ccccc1CN)C1CCOC1. The minimum atomic E-state index is 0.539. The van der Waals surface area contributed by atoms with Crippen molar-refractivity contribution in [2.45, 2.75) is 32.4 Å². The topological polar surface area (TPSA) is 47.3 Å². The van der Waals surface area contributed by atoms with Gasteiger partial charge in [0.2, 0.25) is 0 Å². The second kappa shape index (κ2) is 6.88. The summed E-state index contributed by atoms with van der Waals surface area (Å²) in [5, 5.41) is 3.60. The number of nitrogens with two attached hydrogens (primary N) is 1. The average molecular weight is 248 g/mol. The highest BCUT2D eigenvalue weighted by atomic mass is 16.5. The van der Waals surface area contributed by atoms with Gasteiger partial charge < -0.3 is 15.8 Å². The van der Waals surface area contributed by atoms with Crippen molar-refractivity contribution in [1.82, 2.24) is 5.32 Å². The Kier molecular flexibility index (Phi) is 5.17. The summed E-state index contributed by atoms with van der Waals surface area (Å²) in [6, 6.07) is 8.97. The molecule has 0 saturated carbocycles. The number of hydrogen-bond donors (Lipinski definition) is 2. The molecule has 2 atom stereocenters. The first-order chi connectivity index (χ1) is 8.81. The fourth-order valence-electron chi connectivity index (χ4n) is 2.55. The highest BCUT2D eigenvalue weighted by Crippen LogP contribution is 2.16. The smallest absolute Gasteiger partial charge is 0.0509 e. The average Bonchev–Trinajstić information content (AvgIpc) is 2.93. The van der Waals surface area contributed by atoms with Gasteiger partial charge in [-0.05, 0) is 43.4 Å². The van der Waals surface area contributed by atoms with Crippen LogP contribution in [0.5, 0.6) is 0 Å². The van der Waals surface area contributed by atoms with E-state index in [1.807, 2.05) is 0 Å². The summed E-state index contributed by atoms with van der Waals surface area (Å²) in [5.74, 6) is 0.676. The van der Waals surface area contributed by atoms with Gasteiger partial charge in [-0.1, -0.05) is 24.3 Å². The van der Waals surface area contributed by atoms with E-state index in [4.69, 9.17) is 10.5 Å². The molecule has 1 aromatic rings. The molecule has 0 amide bonds. The van der Waals surface area contributed by atoms with Gasteiger partial charge in [0.25, 0.3) is 0 Å². The maximum atomic E-state index is 5.74. The van der Waals surface area contributed by atoms with Crippen LogP contribution in [0.1, 0.15) is 24.5 Å². The first-order valence-electron chi connectivity index (χ1n) is 6.89. The molecule has 0 bridgehead atoms. The lowest BCUT2D eigenvalue weighted by Crippen LogP contribution is -2.35. The number of hydrogen-bond acceptors (Lipinski definition) is 3. The van der Waals surface area contributed by atoms with Gasteiger partial charge in [-0.2, -0.15) is 0 Å². The largest absolute Gasteiger partial charge is 0.381 e. The summed E-state index contributed by atoms with van der Waals surface area (Å²) in [6.45, 7) is 5.73. The molecule has 3 N–H and O–H groups in total. The van der Waals surface area contributed by atoms with Gasteiger partial charge in [-0.3, -0.25) is 0 Å². The van der Waals surface area contributed by atoms with Gasteiger partial charge >= 0.3 is 0 Å². The van der Waals surface area contributed by atoms with Crippen molar-refractivity contribution in [3.05, 3.63) is 35.4 Å². The highest BCUT2D eigenvalue weighted by molar-refractivity contribution is 5.27. The number of rotatable bonds is 6. The molecular weight excluding hydrogens is 224 g/mol. The Morgan fingerprint density at radius 1 is 1.39 bits per heavy atom. The molecule has 18 heavy (non-hydrogen) atoms. The molecule has 0 aliphatic carbocycles. The van der Waals surface area contributed by atoms with Crippen LogP contribution in [0.25, 0.3) is 0 Å². The first kappa shape index (κ1) is 13.5. The lowest BCUT2D eigenvalue weighted by atomic mass is 10.00. The normalized spacial score (nSPS) is 21.1. The number of nitrogens with one attached hydrogen (secondary N) is 1. The van der Waals surface area contributed by atoms with Crippen molar-refractivity contribution in [2.75, 3.05) is 19.8 Å². The molecule has 3 heteroatoms. The van der Waals surface area contributed by atoms with Crippen LogP contribution in [-0.2, 0) is 17.7 Å². The Morgan fingerprint density at radius 3 is 2.83 bits per heavy atom.